The lowest BCUT2D eigenvalue weighted by Crippen LogP contribution is -2.36. The molecular formula is C23H25F3N4O3S. The van der Waals surface area contributed by atoms with E-state index in [1.165, 1.54) is 25.6 Å². The van der Waals surface area contributed by atoms with E-state index in [4.69, 9.17) is 9.52 Å². The molecule has 0 spiro atoms. The van der Waals surface area contributed by atoms with Gasteiger partial charge in [0.15, 0.2) is 0 Å². The first-order valence-electron chi connectivity index (χ1n) is 10.7. The number of ether oxygens (including phenoxy) is 1. The monoisotopic (exact) mass is 494 g/mol. The smallest absolute Gasteiger partial charge is 0.266 e. The van der Waals surface area contributed by atoms with Crippen molar-refractivity contribution in [2.24, 2.45) is 0 Å². The van der Waals surface area contributed by atoms with E-state index in [1.807, 2.05) is 0 Å². The number of nitrogens with zero attached hydrogens (tertiary/aromatic N) is 2. The third-order valence-corrected chi connectivity index (χ3v) is 7.99. The molecule has 0 unspecified atom stereocenters. The van der Waals surface area contributed by atoms with E-state index in [9.17, 15) is 22.5 Å². The molecule has 2 heterocycles. The summed E-state index contributed by atoms with van der Waals surface area (Å²) >= 11 is 0. The molecule has 1 atom stereocenters. The van der Waals surface area contributed by atoms with Crippen LogP contribution in [-0.4, -0.2) is 37.9 Å². The molecule has 182 valence electrons. The van der Waals surface area contributed by atoms with Crippen molar-refractivity contribution in [3.8, 4) is 5.75 Å². The van der Waals surface area contributed by atoms with Gasteiger partial charge in [0.2, 0.25) is 0 Å². The number of hydrogen-bond acceptors (Lipinski definition) is 7. The van der Waals surface area contributed by atoms with Crippen LogP contribution in [0.25, 0.3) is 10.9 Å². The Morgan fingerprint density at radius 3 is 2.53 bits per heavy atom. The van der Waals surface area contributed by atoms with Crippen molar-refractivity contribution in [1.29, 1.82) is 4.78 Å². The molecule has 2 aromatic carbocycles. The molecule has 1 aliphatic rings. The summed E-state index contributed by atoms with van der Waals surface area (Å²) in [5.41, 5.74) is -1.01. The Morgan fingerprint density at radius 1 is 1.21 bits per heavy atom. The fourth-order valence-corrected chi connectivity index (χ4v) is 5.79. The quantitative estimate of drug-likeness (QED) is 0.449. The number of alkyl halides is 2. The molecule has 1 fully saturated rings. The van der Waals surface area contributed by atoms with Crippen molar-refractivity contribution in [2.75, 3.05) is 23.9 Å². The van der Waals surface area contributed by atoms with Crippen LogP contribution in [0.1, 0.15) is 48.9 Å². The van der Waals surface area contributed by atoms with Gasteiger partial charge >= 0.3 is 0 Å². The van der Waals surface area contributed by atoms with E-state index < -0.39 is 39.2 Å². The van der Waals surface area contributed by atoms with Crippen molar-refractivity contribution in [2.45, 2.75) is 37.8 Å². The predicted octanol–water partition coefficient (Wildman–Crippen LogP) is 4.92. The third kappa shape index (κ3) is 4.54. The van der Waals surface area contributed by atoms with E-state index in [0.717, 1.165) is 6.07 Å². The van der Waals surface area contributed by atoms with Gasteiger partial charge in [-0.3, -0.25) is 4.78 Å². The van der Waals surface area contributed by atoms with E-state index in [-0.39, 0.29) is 29.9 Å². The summed E-state index contributed by atoms with van der Waals surface area (Å²) in [7, 11) is -1.26. The molecule has 4 rings (SSSR count). The Labute approximate surface area is 195 Å². The standard InChI is InChI=1S/C23H25F3N4O3S/c1-13(14-4-3-5-15(20(14)24)21(25)26)30-22-16-10-17(19(33-2)11-18(16)28-12-29-22)23(31)6-8-34(27,32)9-7-23/h3-5,10-13,21,27,31H,6-9H2,1-2H3,(H,28,29,30)/t13-,23?,34?/m1/s1. The molecule has 0 bridgehead atoms. The number of benzene rings is 2. The summed E-state index contributed by atoms with van der Waals surface area (Å²) in [6, 6.07) is 6.47. The summed E-state index contributed by atoms with van der Waals surface area (Å²) in [5, 5.41) is 14.9. The summed E-state index contributed by atoms with van der Waals surface area (Å²) < 4.78 is 66.4. The average molecular weight is 495 g/mol. The first-order valence-corrected chi connectivity index (χ1v) is 12.6. The van der Waals surface area contributed by atoms with Gasteiger partial charge in [-0.1, -0.05) is 18.2 Å². The van der Waals surface area contributed by atoms with Gasteiger partial charge in [-0.2, -0.15) is 0 Å². The molecular weight excluding hydrogens is 469 g/mol. The first-order chi connectivity index (χ1) is 16.0. The molecule has 1 saturated heterocycles. The van der Waals surface area contributed by atoms with Crippen molar-refractivity contribution in [3.05, 3.63) is 59.2 Å². The molecule has 1 aromatic heterocycles. The maximum atomic E-state index is 14.7. The predicted molar refractivity (Wildman–Crippen MR) is 123 cm³/mol. The Hall–Kier alpha value is -2.92. The van der Waals surface area contributed by atoms with E-state index in [2.05, 4.69) is 15.3 Å². The Morgan fingerprint density at radius 2 is 1.88 bits per heavy atom. The average Bonchev–Trinajstić information content (AvgIpc) is 2.80. The van der Waals surface area contributed by atoms with Crippen LogP contribution in [0.2, 0.25) is 0 Å². The Bertz CT molecular complexity index is 1320. The van der Waals surface area contributed by atoms with Crippen LogP contribution in [0.15, 0.2) is 36.7 Å². The van der Waals surface area contributed by atoms with Crippen LogP contribution in [-0.2, 0) is 15.3 Å². The molecule has 0 radical (unpaired) electrons. The zero-order valence-electron chi connectivity index (χ0n) is 18.6. The summed E-state index contributed by atoms with van der Waals surface area (Å²) in [4.78, 5) is 8.51. The summed E-state index contributed by atoms with van der Waals surface area (Å²) in [5.74, 6) is -0.127. The van der Waals surface area contributed by atoms with Crippen LogP contribution in [0.3, 0.4) is 0 Å². The van der Waals surface area contributed by atoms with Gasteiger partial charge in [-0.25, -0.2) is 27.3 Å². The van der Waals surface area contributed by atoms with Crippen LogP contribution in [0, 0.1) is 10.6 Å². The second-order valence-corrected chi connectivity index (χ2v) is 10.9. The summed E-state index contributed by atoms with van der Waals surface area (Å²) in [6.07, 6.45) is -1.35. The molecule has 0 saturated carbocycles. The van der Waals surface area contributed by atoms with E-state index in [0.29, 0.717) is 28.0 Å². The van der Waals surface area contributed by atoms with Crippen LogP contribution >= 0.6 is 0 Å². The molecule has 0 aliphatic carbocycles. The molecule has 3 aromatic rings. The van der Waals surface area contributed by atoms with Crippen molar-refractivity contribution in [1.82, 2.24) is 9.97 Å². The van der Waals surface area contributed by atoms with Crippen molar-refractivity contribution >= 4 is 26.4 Å². The number of aromatic nitrogens is 2. The second kappa shape index (κ2) is 9.03. The topological polar surface area (TPSA) is 108 Å². The van der Waals surface area contributed by atoms with Crippen LogP contribution in [0.4, 0.5) is 19.0 Å². The van der Waals surface area contributed by atoms with Gasteiger partial charge < -0.3 is 15.2 Å². The first kappa shape index (κ1) is 24.2. The van der Waals surface area contributed by atoms with Gasteiger partial charge in [0.1, 0.15) is 23.7 Å². The molecule has 1 aliphatic heterocycles. The highest BCUT2D eigenvalue weighted by Crippen LogP contribution is 2.42. The highest BCUT2D eigenvalue weighted by atomic mass is 32.2. The Balaban J connectivity index is 1.75. The lowest BCUT2D eigenvalue weighted by Gasteiger charge is -2.34. The highest BCUT2D eigenvalue weighted by Gasteiger charge is 2.38. The van der Waals surface area contributed by atoms with Crippen molar-refractivity contribution < 1.29 is 27.2 Å². The summed E-state index contributed by atoms with van der Waals surface area (Å²) in [6.45, 7) is 1.63. The molecule has 11 heteroatoms. The molecule has 34 heavy (non-hydrogen) atoms. The number of rotatable bonds is 6. The number of fused-ring (bicyclic) bond motifs is 1. The molecule has 7 nitrogen and oxygen atoms in total. The fourth-order valence-electron chi connectivity index (χ4n) is 4.25. The maximum Gasteiger partial charge on any atom is 0.266 e. The number of halogens is 3. The second-order valence-electron chi connectivity index (χ2n) is 8.46. The number of hydrogen-bond donors (Lipinski definition) is 3. The molecule has 3 N–H and O–H groups in total. The minimum absolute atomic E-state index is 0.0643. The van der Waals surface area contributed by atoms with Crippen molar-refractivity contribution in [3.63, 3.8) is 0 Å². The minimum Gasteiger partial charge on any atom is -0.496 e. The largest absolute Gasteiger partial charge is 0.496 e. The lowest BCUT2D eigenvalue weighted by molar-refractivity contribution is 0.0247. The number of anilines is 1. The van der Waals surface area contributed by atoms with Gasteiger partial charge in [0, 0.05) is 43.8 Å². The third-order valence-electron chi connectivity index (χ3n) is 6.26. The van der Waals surface area contributed by atoms with Gasteiger partial charge in [0.25, 0.3) is 6.43 Å². The zero-order chi connectivity index (χ0) is 24.7. The lowest BCUT2D eigenvalue weighted by atomic mass is 9.86. The highest BCUT2D eigenvalue weighted by molar-refractivity contribution is 7.92. The maximum absolute atomic E-state index is 14.7. The van der Waals surface area contributed by atoms with E-state index in [1.54, 1.807) is 19.1 Å². The number of aliphatic hydroxyl groups is 1. The number of nitrogens with one attached hydrogen (secondary N) is 2. The minimum atomic E-state index is -2.93. The van der Waals surface area contributed by atoms with Gasteiger partial charge in [-0.05, 0) is 25.8 Å². The Kier molecular flexibility index (Phi) is 6.43. The normalized spacial score (nSPS) is 23.7. The van der Waals surface area contributed by atoms with Crippen LogP contribution < -0.4 is 10.1 Å². The fraction of sp³-hybridized carbons (Fsp3) is 0.391. The van der Waals surface area contributed by atoms with Gasteiger partial charge in [-0.15, -0.1) is 0 Å². The van der Waals surface area contributed by atoms with Crippen LogP contribution in [0.5, 0.6) is 5.75 Å². The zero-order valence-corrected chi connectivity index (χ0v) is 19.5. The van der Waals surface area contributed by atoms with Gasteiger partial charge in [0.05, 0.1) is 29.8 Å². The van der Waals surface area contributed by atoms with E-state index >= 15 is 0 Å². The SMILES string of the molecule is COc1cc2ncnc(N[C@H](C)c3cccc(C(F)F)c3F)c2cc1C1(O)CCS(=N)(=O)CC1. The number of methoxy groups -OCH3 is 1. The molecule has 0 amide bonds.